The number of hydrogen-bond acceptors (Lipinski definition) is 1. The number of benzene rings is 1. The zero-order chi connectivity index (χ0) is 8.27. The van der Waals surface area contributed by atoms with Gasteiger partial charge in [-0.05, 0) is 17.7 Å². The van der Waals surface area contributed by atoms with Crippen LogP contribution in [0.4, 0.5) is 4.39 Å². The van der Waals surface area contributed by atoms with Crippen molar-refractivity contribution in [1.29, 1.82) is 0 Å². The third kappa shape index (κ3) is 1.79. The largest absolute Gasteiger partial charge is 0.314 e. The quantitative estimate of drug-likeness (QED) is 0.601. The lowest BCUT2D eigenvalue weighted by molar-refractivity contribution is 0.626. The molecule has 0 saturated heterocycles. The summed E-state index contributed by atoms with van der Waals surface area (Å²) in [5, 5.41) is 0. The molecule has 0 bridgehead atoms. The molecule has 0 aliphatic carbocycles. The van der Waals surface area contributed by atoms with Crippen LogP contribution in [0.5, 0.6) is 0 Å². The molecule has 1 aromatic rings. The third-order valence-corrected chi connectivity index (χ3v) is 1.41. The second kappa shape index (κ2) is 3.18. The van der Waals surface area contributed by atoms with Gasteiger partial charge in [-0.2, -0.15) is 0 Å². The van der Waals surface area contributed by atoms with Crippen LogP contribution in [0.25, 0.3) is 0 Å². The molecule has 0 unspecified atom stereocenters. The summed E-state index contributed by atoms with van der Waals surface area (Å²) >= 11 is 0. The van der Waals surface area contributed by atoms with E-state index >= 15 is 0 Å². The standard InChI is InChI=1S/C9H8FN/c1-2-9(11)7-3-5-8(10)6-4-7/h1,3-6,9H,11H2/t9-/m0/s1. The maximum atomic E-state index is 12.4. The molecule has 11 heavy (non-hydrogen) atoms. The minimum Gasteiger partial charge on any atom is -0.314 e. The van der Waals surface area contributed by atoms with E-state index < -0.39 is 6.04 Å². The molecule has 0 amide bonds. The highest BCUT2D eigenvalue weighted by atomic mass is 19.1. The Labute approximate surface area is 65.0 Å². The summed E-state index contributed by atoms with van der Waals surface area (Å²) in [6.07, 6.45) is 5.07. The Morgan fingerprint density at radius 3 is 2.36 bits per heavy atom. The van der Waals surface area contributed by atoms with E-state index in [0.717, 1.165) is 5.56 Å². The third-order valence-electron chi connectivity index (χ3n) is 1.41. The summed E-state index contributed by atoms with van der Waals surface area (Å²) in [6, 6.07) is 5.41. The fourth-order valence-corrected chi connectivity index (χ4v) is 0.766. The zero-order valence-corrected chi connectivity index (χ0v) is 5.92. The van der Waals surface area contributed by atoms with Crippen LogP contribution in [-0.4, -0.2) is 0 Å². The second-order valence-corrected chi connectivity index (χ2v) is 2.20. The van der Waals surface area contributed by atoms with Crippen LogP contribution in [-0.2, 0) is 0 Å². The molecule has 0 spiro atoms. The van der Waals surface area contributed by atoms with Crippen molar-refractivity contribution < 1.29 is 4.39 Å². The van der Waals surface area contributed by atoms with Crippen molar-refractivity contribution in [3.05, 3.63) is 35.6 Å². The Balaban J connectivity index is 2.92. The Morgan fingerprint density at radius 2 is 1.91 bits per heavy atom. The van der Waals surface area contributed by atoms with Gasteiger partial charge < -0.3 is 5.73 Å². The van der Waals surface area contributed by atoms with Gasteiger partial charge in [0.15, 0.2) is 0 Å². The molecule has 1 rings (SSSR count). The smallest absolute Gasteiger partial charge is 0.123 e. The van der Waals surface area contributed by atoms with E-state index in [-0.39, 0.29) is 5.82 Å². The van der Waals surface area contributed by atoms with Gasteiger partial charge >= 0.3 is 0 Å². The Kier molecular flexibility index (Phi) is 2.25. The van der Waals surface area contributed by atoms with Gasteiger partial charge in [0.25, 0.3) is 0 Å². The number of nitrogens with two attached hydrogens (primary N) is 1. The molecular formula is C9H8FN. The minimum atomic E-state index is -0.435. The van der Waals surface area contributed by atoms with E-state index in [1.54, 1.807) is 12.1 Å². The van der Waals surface area contributed by atoms with Gasteiger partial charge in [0, 0.05) is 0 Å². The summed E-state index contributed by atoms with van der Waals surface area (Å²) in [7, 11) is 0. The molecule has 0 aliphatic heterocycles. The molecule has 0 aromatic heterocycles. The van der Waals surface area contributed by atoms with Crippen LogP contribution in [0.3, 0.4) is 0 Å². The van der Waals surface area contributed by atoms with Crippen molar-refractivity contribution in [2.75, 3.05) is 0 Å². The maximum Gasteiger partial charge on any atom is 0.123 e. The predicted molar refractivity (Wildman–Crippen MR) is 42.2 cm³/mol. The molecule has 0 radical (unpaired) electrons. The average Bonchev–Trinajstić information content (AvgIpc) is 2.05. The highest BCUT2D eigenvalue weighted by Gasteiger charge is 1.99. The van der Waals surface area contributed by atoms with Crippen LogP contribution in [0.1, 0.15) is 11.6 Å². The van der Waals surface area contributed by atoms with E-state index in [9.17, 15) is 4.39 Å². The van der Waals surface area contributed by atoms with Crippen LogP contribution < -0.4 is 5.73 Å². The van der Waals surface area contributed by atoms with E-state index in [2.05, 4.69) is 5.92 Å². The van der Waals surface area contributed by atoms with E-state index in [1.807, 2.05) is 0 Å². The molecule has 2 heteroatoms. The molecule has 2 N–H and O–H groups in total. The molecule has 0 fully saturated rings. The lowest BCUT2D eigenvalue weighted by Gasteiger charge is -2.02. The highest BCUT2D eigenvalue weighted by molar-refractivity contribution is 5.25. The molecule has 56 valence electrons. The molecule has 1 nitrogen and oxygen atoms in total. The Morgan fingerprint density at radius 1 is 1.36 bits per heavy atom. The predicted octanol–water partition coefficient (Wildman–Crippen LogP) is 1.46. The molecule has 0 heterocycles. The number of rotatable bonds is 1. The van der Waals surface area contributed by atoms with Gasteiger partial charge in [-0.3, -0.25) is 0 Å². The van der Waals surface area contributed by atoms with Gasteiger partial charge in [-0.15, -0.1) is 6.42 Å². The summed E-state index contributed by atoms with van der Waals surface area (Å²) < 4.78 is 12.4. The lowest BCUT2D eigenvalue weighted by atomic mass is 10.1. The Bertz CT molecular complexity index is 271. The van der Waals surface area contributed by atoms with Crippen molar-refractivity contribution in [2.45, 2.75) is 6.04 Å². The highest BCUT2D eigenvalue weighted by Crippen LogP contribution is 2.09. The first-order chi connectivity index (χ1) is 5.24. The second-order valence-electron chi connectivity index (χ2n) is 2.20. The number of hydrogen-bond donors (Lipinski definition) is 1. The minimum absolute atomic E-state index is 0.280. The van der Waals surface area contributed by atoms with Gasteiger partial charge in [0.2, 0.25) is 0 Å². The van der Waals surface area contributed by atoms with Crippen molar-refractivity contribution in [3.8, 4) is 12.3 Å². The summed E-state index contributed by atoms with van der Waals surface area (Å²) in [5.74, 6) is 2.08. The van der Waals surface area contributed by atoms with Crippen LogP contribution >= 0.6 is 0 Å². The summed E-state index contributed by atoms with van der Waals surface area (Å²) in [5.41, 5.74) is 6.24. The van der Waals surface area contributed by atoms with Gasteiger partial charge in [-0.25, -0.2) is 4.39 Å². The van der Waals surface area contributed by atoms with Gasteiger partial charge in [0.05, 0.1) is 6.04 Å². The molecule has 1 aromatic carbocycles. The first-order valence-corrected chi connectivity index (χ1v) is 3.21. The van der Waals surface area contributed by atoms with Crippen molar-refractivity contribution in [1.82, 2.24) is 0 Å². The zero-order valence-electron chi connectivity index (χ0n) is 5.92. The van der Waals surface area contributed by atoms with Gasteiger partial charge in [0.1, 0.15) is 5.82 Å². The number of terminal acetylenes is 1. The lowest BCUT2D eigenvalue weighted by Crippen LogP contribution is -2.06. The summed E-state index contributed by atoms with van der Waals surface area (Å²) in [6.45, 7) is 0. The monoisotopic (exact) mass is 149 g/mol. The van der Waals surface area contributed by atoms with Crippen molar-refractivity contribution in [2.24, 2.45) is 5.73 Å². The van der Waals surface area contributed by atoms with Crippen molar-refractivity contribution in [3.63, 3.8) is 0 Å². The molecule has 0 saturated carbocycles. The van der Waals surface area contributed by atoms with Crippen LogP contribution in [0, 0.1) is 18.2 Å². The molecule has 0 aliphatic rings. The molecule has 1 atom stereocenters. The first kappa shape index (κ1) is 7.77. The topological polar surface area (TPSA) is 26.0 Å². The van der Waals surface area contributed by atoms with E-state index in [4.69, 9.17) is 12.2 Å². The number of halogens is 1. The normalized spacial score (nSPS) is 12.1. The first-order valence-electron chi connectivity index (χ1n) is 3.21. The summed E-state index contributed by atoms with van der Waals surface area (Å²) in [4.78, 5) is 0. The van der Waals surface area contributed by atoms with Crippen LogP contribution in [0.15, 0.2) is 24.3 Å². The van der Waals surface area contributed by atoms with Crippen molar-refractivity contribution >= 4 is 0 Å². The van der Waals surface area contributed by atoms with E-state index in [0.29, 0.717) is 0 Å². The Hall–Kier alpha value is -1.33. The fourth-order valence-electron chi connectivity index (χ4n) is 0.766. The fraction of sp³-hybridized carbons (Fsp3) is 0.111. The van der Waals surface area contributed by atoms with Gasteiger partial charge in [-0.1, -0.05) is 18.1 Å². The van der Waals surface area contributed by atoms with Crippen LogP contribution in [0.2, 0.25) is 0 Å². The maximum absolute atomic E-state index is 12.4. The van der Waals surface area contributed by atoms with E-state index in [1.165, 1.54) is 12.1 Å². The molecular weight excluding hydrogens is 141 g/mol. The SMILES string of the molecule is C#C[C@H](N)c1ccc(F)cc1. The average molecular weight is 149 g/mol.